The summed E-state index contributed by atoms with van der Waals surface area (Å²) in [6, 6.07) is 4.43. The SMILES string of the molecule is Cc1c(S(=O)(=O)Nc2cc([N+](=O)[O-])ccc2Cl)cc(C(C)(C)C)c(O)c1C(=O)O. The van der Waals surface area contributed by atoms with Gasteiger partial charge >= 0.3 is 5.97 Å². The number of sulfonamides is 1. The van der Waals surface area contributed by atoms with Crippen LogP contribution in [0.2, 0.25) is 5.02 Å². The fourth-order valence-electron chi connectivity index (χ4n) is 2.76. The molecule has 156 valence electrons. The number of hydrogen-bond donors (Lipinski definition) is 3. The lowest BCUT2D eigenvalue weighted by atomic mass is 9.84. The van der Waals surface area contributed by atoms with E-state index in [2.05, 4.69) is 4.72 Å². The third kappa shape index (κ3) is 4.43. The third-order valence-electron chi connectivity index (χ3n) is 4.23. The van der Waals surface area contributed by atoms with Crippen molar-refractivity contribution in [2.45, 2.75) is 38.0 Å². The fourth-order valence-corrected chi connectivity index (χ4v) is 4.33. The van der Waals surface area contributed by atoms with Crippen molar-refractivity contribution in [2.24, 2.45) is 0 Å². The highest BCUT2D eigenvalue weighted by Crippen LogP contribution is 2.39. The summed E-state index contributed by atoms with van der Waals surface area (Å²) in [4.78, 5) is 21.5. The number of aromatic carboxylic acids is 1. The molecule has 0 fully saturated rings. The van der Waals surface area contributed by atoms with Crippen LogP contribution in [0.3, 0.4) is 0 Å². The largest absolute Gasteiger partial charge is 0.507 e. The Morgan fingerprint density at radius 3 is 2.31 bits per heavy atom. The number of aromatic hydroxyl groups is 1. The maximum Gasteiger partial charge on any atom is 0.339 e. The van der Waals surface area contributed by atoms with Crippen LogP contribution in [-0.4, -0.2) is 29.5 Å². The first-order valence-electron chi connectivity index (χ1n) is 8.24. The van der Waals surface area contributed by atoms with E-state index in [1.807, 2.05) is 0 Å². The minimum Gasteiger partial charge on any atom is -0.507 e. The lowest BCUT2D eigenvalue weighted by Crippen LogP contribution is -2.20. The number of carboxylic acids is 1. The summed E-state index contributed by atoms with van der Waals surface area (Å²) in [6.07, 6.45) is 0. The highest BCUT2D eigenvalue weighted by Gasteiger charge is 2.31. The molecule has 0 aliphatic heterocycles. The molecule has 0 amide bonds. The van der Waals surface area contributed by atoms with E-state index < -0.39 is 37.6 Å². The summed E-state index contributed by atoms with van der Waals surface area (Å²) in [5.74, 6) is -2.01. The van der Waals surface area contributed by atoms with Gasteiger partial charge in [0.2, 0.25) is 0 Å². The lowest BCUT2D eigenvalue weighted by Gasteiger charge is -2.24. The van der Waals surface area contributed by atoms with Crippen LogP contribution >= 0.6 is 11.6 Å². The molecule has 2 aromatic carbocycles. The van der Waals surface area contributed by atoms with Gasteiger partial charge in [0.15, 0.2) is 0 Å². The van der Waals surface area contributed by atoms with Crippen molar-refractivity contribution in [2.75, 3.05) is 4.72 Å². The van der Waals surface area contributed by atoms with Gasteiger partial charge in [-0.05, 0) is 30.0 Å². The van der Waals surface area contributed by atoms with Crippen LogP contribution in [0, 0.1) is 17.0 Å². The van der Waals surface area contributed by atoms with Gasteiger partial charge < -0.3 is 10.2 Å². The predicted molar refractivity (Wildman–Crippen MR) is 107 cm³/mol. The molecule has 2 rings (SSSR count). The first-order chi connectivity index (χ1) is 13.2. The summed E-state index contributed by atoms with van der Waals surface area (Å²) in [6.45, 7) is 6.30. The number of nitrogens with zero attached hydrogens (tertiary/aromatic N) is 1. The molecule has 0 spiro atoms. The maximum absolute atomic E-state index is 13.0. The van der Waals surface area contributed by atoms with Crippen molar-refractivity contribution in [3.05, 3.63) is 56.1 Å². The van der Waals surface area contributed by atoms with E-state index in [1.165, 1.54) is 19.1 Å². The average Bonchev–Trinajstić information content (AvgIpc) is 2.54. The number of nitrogens with one attached hydrogen (secondary N) is 1. The van der Waals surface area contributed by atoms with Crippen molar-refractivity contribution in [1.29, 1.82) is 0 Å². The van der Waals surface area contributed by atoms with Crippen molar-refractivity contribution < 1.29 is 28.3 Å². The van der Waals surface area contributed by atoms with Crippen LogP contribution in [0.1, 0.15) is 42.3 Å². The van der Waals surface area contributed by atoms with Gasteiger partial charge in [0.05, 0.1) is 20.5 Å². The van der Waals surface area contributed by atoms with Crippen molar-refractivity contribution >= 4 is 39.0 Å². The molecule has 2 aromatic rings. The molecule has 0 aromatic heterocycles. The van der Waals surface area contributed by atoms with Gasteiger partial charge in [0.1, 0.15) is 11.3 Å². The Morgan fingerprint density at radius 2 is 1.83 bits per heavy atom. The van der Waals surface area contributed by atoms with E-state index >= 15 is 0 Å². The number of carbonyl (C=O) groups is 1. The molecule has 11 heteroatoms. The number of non-ortho nitro benzene ring substituents is 1. The Labute approximate surface area is 172 Å². The van der Waals surface area contributed by atoms with Crippen LogP contribution in [0.15, 0.2) is 29.2 Å². The van der Waals surface area contributed by atoms with Crippen LogP contribution in [-0.2, 0) is 15.4 Å². The van der Waals surface area contributed by atoms with Gasteiger partial charge in [-0.2, -0.15) is 0 Å². The Balaban J connectivity index is 2.73. The minimum atomic E-state index is -4.40. The zero-order valence-corrected chi connectivity index (χ0v) is 17.6. The first-order valence-corrected chi connectivity index (χ1v) is 10.1. The summed E-state index contributed by atoms with van der Waals surface area (Å²) in [7, 11) is -4.40. The number of benzene rings is 2. The molecule has 0 radical (unpaired) electrons. The summed E-state index contributed by atoms with van der Waals surface area (Å²) >= 11 is 5.96. The molecule has 0 aliphatic rings. The third-order valence-corrected chi connectivity index (χ3v) is 6.05. The number of halogens is 1. The standard InChI is InChI=1S/C18H19ClN2O7S/c1-9-14(8-11(18(2,3)4)16(22)15(9)17(23)24)29(27,28)20-13-7-10(21(25)26)5-6-12(13)19/h5-8,20,22H,1-4H3,(H,23,24). The van der Waals surface area contributed by atoms with Crippen LogP contribution < -0.4 is 4.72 Å². The van der Waals surface area contributed by atoms with Gasteiger partial charge in [-0.1, -0.05) is 32.4 Å². The molecule has 0 atom stereocenters. The lowest BCUT2D eigenvalue weighted by molar-refractivity contribution is -0.384. The molecule has 0 heterocycles. The highest BCUT2D eigenvalue weighted by molar-refractivity contribution is 7.92. The second-order valence-corrected chi connectivity index (χ2v) is 9.41. The van der Waals surface area contributed by atoms with E-state index in [0.29, 0.717) is 0 Å². The van der Waals surface area contributed by atoms with Crippen molar-refractivity contribution in [3.8, 4) is 5.75 Å². The van der Waals surface area contributed by atoms with E-state index in [1.54, 1.807) is 20.8 Å². The Kier molecular flexibility index (Phi) is 5.82. The smallest absolute Gasteiger partial charge is 0.339 e. The Morgan fingerprint density at radius 1 is 1.24 bits per heavy atom. The number of anilines is 1. The summed E-state index contributed by atoms with van der Waals surface area (Å²) < 4.78 is 28.2. The van der Waals surface area contributed by atoms with E-state index in [4.69, 9.17) is 11.6 Å². The van der Waals surface area contributed by atoms with Crippen molar-refractivity contribution in [1.82, 2.24) is 0 Å². The second kappa shape index (κ2) is 7.53. The van der Waals surface area contributed by atoms with E-state index in [0.717, 1.165) is 12.1 Å². The average molecular weight is 443 g/mol. The number of rotatable bonds is 5. The van der Waals surface area contributed by atoms with E-state index in [-0.39, 0.29) is 32.4 Å². The topological polar surface area (TPSA) is 147 Å². The number of carboxylic acid groups (broad SMARTS) is 1. The normalized spacial score (nSPS) is 11.9. The second-order valence-electron chi connectivity index (χ2n) is 7.35. The molecule has 3 N–H and O–H groups in total. The molecule has 0 aliphatic carbocycles. The molecule has 0 saturated carbocycles. The molecular formula is C18H19ClN2O7S. The van der Waals surface area contributed by atoms with Gasteiger partial charge in [0.25, 0.3) is 15.7 Å². The minimum absolute atomic E-state index is 0.0786. The predicted octanol–water partition coefficient (Wildman–Crippen LogP) is 4.06. The number of phenols is 1. The summed E-state index contributed by atoms with van der Waals surface area (Å²) in [5.41, 5.74) is -1.99. The van der Waals surface area contributed by atoms with Gasteiger partial charge in [0, 0.05) is 17.7 Å². The zero-order valence-electron chi connectivity index (χ0n) is 16.0. The zero-order chi connectivity index (χ0) is 22.3. The van der Waals surface area contributed by atoms with E-state index in [9.17, 15) is 33.5 Å². The molecule has 29 heavy (non-hydrogen) atoms. The molecule has 0 unspecified atom stereocenters. The molecular weight excluding hydrogens is 424 g/mol. The Bertz CT molecular complexity index is 1120. The fraction of sp³-hybridized carbons (Fsp3) is 0.278. The molecule has 9 nitrogen and oxygen atoms in total. The van der Waals surface area contributed by atoms with Gasteiger partial charge in [-0.25, -0.2) is 13.2 Å². The quantitative estimate of drug-likeness (QED) is 0.467. The molecule has 0 saturated heterocycles. The van der Waals surface area contributed by atoms with Gasteiger partial charge in [-0.15, -0.1) is 0 Å². The first kappa shape index (κ1) is 22.4. The number of nitro benzene ring substituents is 1. The number of hydrogen-bond acceptors (Lipinski definition) is 6. The monoisotopic (exact) mass is 442 g/mol. The molecule has 0 bridgehead atoms. The van der Waals surface area contributed by atoms with Crippen LogP contribution in [0.5, 0.6) is 5.75 Å². The van der Waals surface area contributed by atoms with Gasteiger partial charge in [-0.3, -0.25) is 14.8 Å². The number of nitro groups is 1. The van der Waals surface area contributed by atoms with Crippen LogP contribution in [0.4, 0.5) is 11.4 Å². The highest BCUT2D eigenvalue weighted by atomic mass is 35.5. The van der Waals surface area contributed by atoms with Crippen LogP contribution in [0.25, 0.3) is 0 Å². The summed E-state index contributed by atoms with van der Waals surface area (Å²) in [5, 5.41) is 30.8. The maximum atomic E-state index is 13.0. The Hall–Kier alpha value is -2.85. The van der Waals surface area contributed by atoms with Crippen molar-refractivity contribution in [3.63, 3.8) is 0 Å².